The molecule has 2 rings (SSSR count). The molecule has 3 N–H and O–H groups in total. The number of hydrogen-bond acceptors (Lipinski definition) is 4. The third-order valence-electron chi connectivity index (χ3n) is 2.47. The standard InChI is InChI=1S/C10H14BrN5/c11-7-5-14-10(15-6-7)16(8-1-2-8)4-3-9(12)13/h5-6,8H,1-4H2,(H3,12,13). The maximum absolute atomic E-state index is 7.25. The van der Waals surface area contributed by atoms with Gasteiger partial charge in [-0.05, 0) is 28.8 Å². The molecule has 1 aromatic rings. The summed E-state index contributed by atoms with van der Waals surface area (Å²) in [5.41, 5.74) is 5.37. The summed E-state index contributed by atoms with van der Waals surface area (Å²) in [5, 5.41) is 7.25. The highest BCUT2D eigenvalue weighted by Crippen LogP contribution is 2.29. The lowest BCUT2D eigenvalue weighted by Crippen LogP contribution is -2.31. The summed E-state index contributed by atoms with van der Waals surface area (Å²) in [5.74, 6) is 0.940. The Kier molecular flexibility index (Phi) is 3.38. The molecule has 1 saturated carbocycles. The Balaban J connectivity index is 2.06. The molecule has 1 aromatic heterocycles. The predicted molar refractivity (Wildman–Crippen MR) is 66.6 cm³/mol. The molecule has 0 unspecified atom stereocenters. The van der Waals surface area contributed by atoms with Crippen LogP contribution in [0.2, 0.25) is 0 Å². The first kappa shape index (κ1) is 11.3. The van der Waals surface area contributed by atoms with Gasteiger partial charge < -0.3 is 10.6 Å². The molecule has 0 aliphatic heterocycles. The van der Waals surface area contributed by atoms with Crippen LogP contribution in [0.1, 0.15) is 19.3 Å². The molecule has 0 amide bonds. The van der Waals surface area contributed by atoms with Crippen molar-refractivity contribution in [2.45, 2.75) is 25.3 Å². The van der Waals surface area contributed by atoms with Crippen molar-refractivity contribution in [2.75, 3.05) is 11.4 Å². The number of aromatic nitrogens is 2. The molecule has 6 heteroatoms. The van der Waals surface area contributed by atoms with Gasteiger partial charge in [0.05, 0.1) is 10.3 Å². The van der Waals surface area contributed by atoms with Crippen LogP contribution in [0.3, 0.4) is 0 Å². The molecule has 16 heavy (non-hydrogen) atoms. The summed E-state index contributed by atoms with van der Waals surface area (Å²) >= 11 is 3.31. The van der Waals surface area contributed by atoms with Crippen LogP contribution in [0.5, 0.6) is 0 Å². The van der Waals surface area contributed by atoms with Crippen molar-refractivity contribution in [2.24, 2.45) is 5.73 Å². The van der Waals surface area contributed by atoms with Crippen molar-refractivity contribution in [1.29, 1.82) is 5.41 Å². The number of rotatable bonds is 5. The van der Waals surface area contributed by atoms with E-state index in [0.717, 1.165) is 17.0 Å². The number of amidine groups is 1. The minimum absolute atomic E-state index is 0.211. The molecule has 5 nitrogen and oxygen atoms in total. The van der Waals surface area contributed by atoms with Crippen molar-refractivity contribution < 1.29 is 0 Å². The zero-order valence-electron chi connectivity index (χ0n) is 8.86. The van der Waals surface area contributed by atoms with Gasteiger partial charge in [0.25, 0.3) is 0 Å². The quantitative estimate of drug-likeness (QED) is 0.635. The molecule has 0 radical (unpaired) electrons. The highest BCUT2D eigenvalue weighted by molar-refractivity contribution is 9.10. The second-order valence-electron chi connectivity index (χ2n) is 3.90. The summed E-state index contributed by atoms with van der Waals surface area (Å²) in [6.45, 7) is 0.724. The minimum Gasteiger partial charge on any atom is -0.388 e. The molecule has 0 atom stereocenters. The van der Waals surface area contributed by atoms with Crippen molar-refractivity contribution in [1.82, 2.24) is 9.97 Å². The maximum atomic E-state index is 7.25. The summed E-state index contributed by atoms with van der Waals surface area (Å²) < 4.78 is 0.874. The molecular weight excluding hydrogens is 270 g/mol. The predicted octanol–water partition coefficient (Wildman–Crippen LogP) is 1.53. The third-order valence-corrected chi connectivity index (χ3v) is 2.88. The first-order valence-electron chi connectivity index (χ1n) is 5.24. The van der Waals surface area contributed by atoms with Gasteiger partial charge >= 0.3 is 0 Å². The number of nitrogens with two attached hydrogens (primary N) is 1. The van der Waals surface area contributed by atoms with Crippen LogP contribution in [0.25, 0.3) is 0 Å². The van der Waals surface area contributed by atoms with E-state index >= 15 is 0 Å². The second-order valence-corrected chi connectivity index (χ2v) is 4.82. The van der Waals surface area contributed by atoms with Crippen molar-refractivity contribution in [3.8, 4) is 0 Å². The molecule has 1 heterocycles. The van der Waals surface area contributed by atoms with Gasteiger partial charge in [-0.2, -0.15) is 0 Å². The fourth-order valence-corrected chi connectivity index (χ4v) is 1.73. The lowest BCUT2D eigenvalue weighted by atomic mass is 10.3. The zero-order valence-corrected chi connectivity index (χ0v) is 10.4. The average Bonchev–Trinajstić information content (AvgIpc) is 3.04. The fraction of sp³-hybridized carbons (Fsp3) is 0.500. The minimum atomic E-state index is 0.211. The van der Waals surface area contributed by atoms with E-state index < -0.39 is 0 Å². The van der Waals surface area contributed by atoms with Crippen molar-refractivity contribution in [3.05, 3.63) is 16.9 Å². The summed E-state index contributed by atoms with van der Waals surface area (Å²) in [6, 6.07) is 0.528. The Labute approximate surface area is 103 Å². The topological polar surface area (TPSA) is 78.9 Å². The Bertz CT molecular complexity index is 373. The summed E-state index contributed by atoms with van der Waals surface area (Å²) in [6.07, 6.45) is 6.40. The van der Waals surface area contributed by atoms with Gasteiger partial charge in [-0.1, -0.05) is 0 Å². The summed E-state index contributed by atoms with van der Waals surface area (Å²) in [4.78, 5) is 10.7. The van der Waals surface area contributed by atoms with E-state index in [1.54, 1.807) is 12.4 Å². The van der Waals surface area contributed by atoms with E-state index in [0.29, 0.717) is 12.5 Å². The van der Waals surface area contributed by atoms with Crippen LogP contribution in [0.15, 0.2) is 16.9 Å². The Hall–Kier alpha value is -1.17. The Morgan fingerprint density at radius 2 is 2.12 bits per heavy atom. The average molecular weight is 284 g/mol. The molecule has 0 saturated heterocycles. The van der Waals surface area contributed by atoms with Crippen LogP contribution in [-0.2, 0) is 0 Å². The largest absolute Gasteiger partial charge is 0.388 e. The number of nitrogens with zero attached hydrogens (tertiary/aromatic N) is 3. The summed E-state index contributed by atoms with van der Waals surface area (Å²) in [7, 11) is 0. The van der Waals surface area contributed by atoms with Gasteiger partial charge in [-0.3, -0.25) is 5.41 Å². The highest BCUT2D eigenvalue weighted by atomic mass is 79.9. The molecule has 1 aliphatic carbocycles. The molecule has 86 valence electrons. The van der Waals surface area contributed by atoms with Crippen LogP contribution < -0.4 is 10.6 Å². The highest BCUT2D eigenvalue weighted by Gasteiger charge is 2.30. The van der Waals surface area contributed by atoms with Gasteiger partial charge in [0.15, 0.2) is 0 Å². The van der Waals surface area contributed by atoms with Crippen molar-refractivity contribution >= 4 is 27.7 Å². The van der Waals surface area contributed by atoms with Crippen LogP contribution in [0, 0.1) is 5.41 Å². The van der Waals surface area contributed by atoms with Gasteiger partial charge in [0.1, 0.15) is 0 Å². The Morgan fingerprint density at radius 1 is 1.50 bits per heavy atom. The van der Waals surface area contributed by atoms with E-state index in [-0.39, 0.29) is 5.84 Å². The molecule has 0 aromatic carbocycles. The Morgan fingerprint density at radius 3 is 2.62 bits per heavy atom. The van der Waals surface area contributed by atoms with Crippen LogP contribution in [0.4, 0.5) is 5.95 Å². The smallest absolute Gasteiger partial charge is 0.225 e. The number of nitrogens with one attached hydrogen (secondary N) is 1. The molecular formula is C10H14BrN5. The van der Waals surface area contributed by atoms with Gasteiger partial charge in [0, 0.05) is 31.4 Å². The molecule has 0 bridgehead atoms. The van der Waals surface area contributed by atoms with E-state index in [2.05, 4.69) is 30.8 Å². The number of halogens is 1. The van der Waals surface area contributed by atoms with Crippen LogP contribution >= 0.6 is 15.9 Å². The van der Waals surface area contributed by atoms with Gasteiger partial charge in [-0.15, -0.1) is 0 Å². The molecule has 1 aliphatic rings. The number of anilines is 1. The molecule has 1 fully saturated rings. The SMILES string of the molecule is N=C(N)CCN(c1ncc(Br)cn1)C1CC1. The van der Waals surface area contributed by atoms with Gasteiger partial charge in [-0.25, -0.2) is 9.97 Å². The molecule has 0 spiro atoms. The van der Waals surface area contributed by atoms with E-state index in [4.69, 9.17) is 11.1 Å². The second kappa shape index (κ2) is 4.78. The first-order chi connectivity index (χ1) is 7.66. The lowest BCUT2D eigenvalue weighted by molar-refractivity contribution is 0.762. The number of hydrogen-bond donors (Lipinski definition) is 2. The first-order valence-corrected chi connectivity index (χ1v) is 6.03. The van der Waals surface area contributed by atoms with E-state index in [9.17, 15) is 0 Å². The van der Waals surface area contributed by atoms with Gasteiger partial charge in [0.2, 0.25) is 5.95 Å². The normalized spacial score (nSPS) is 14.8. The fourth-order valence-electron chi connectivity index (χ4n) is 1.53. The van der Waals surface area contributed by atoms with Crippen molar-refractivity contribution in [3.63, 3.8) is 0 Å². The van der Waals surface area contributed by atoms with Crippen LogP contribution in [-0.4, -0.2) is 28.4 Å². The lowest BCUT2D eigenvalue weighted by Gasteiger charge is -2.21. The monoisotopic (exact) mass is 283 g/mol. The van der Waals surface area contributed by atoms with E-state index in [1.807, 2.05) is 0 Å². The maximum Gasteiger partial charge on any atom is 0.225 e. The third kappa shape index (κ3) is 2.91. The zero-order chi connectivity index (χ0) is 11.5. The van der Waals surface area contributed by atoms with E-state index in [1.165, 1.54) is 12.8 Å².